The SMILES string of the molecule is CCOC(=O)c1nc(C)n(-c2cc(F)c(F)cc2F)c1N. The van der Waals surface area contributed by atoms with Crippen LogP contribution in [0.25, 0.3) is 5.69 Å². The van der Waals surface area contributed by atoms with Crippen molar-refractivity contribution in [2.75, 3.05) is 12.3 Å². The van der Waals surface area contributed by atoms with E-state index in [0.29, 0.717) is 12.1 Å². The maximum absolute atomic E-state index is 13.8. The van der Waals surface area contributed by atoms with E-state index in [1.54, 1.807) is 6.92 Å². The number of nitrogens with two attached hydrogens (primary N) is 1. The lowest BCUT2D eigenvalue weighted by molar-refractivity contribution is 0.0521. The van der Waals surface area contributed by atoms with Gasteiger partial charge in [-0.2, -0.15) is 0 Å². The number of nitrogen functional groups attached to an aromatic ring is 1. The van der Waals surface area contributed by atoms with Crippen molar-refractivity contribution in [3.05, 3.63) is 41.1 Å². The van der Waals surface area contributed by atoms with Crippen LogP contribution in [0.15, 0.2) is 12.1 Å². The van der Waals surface area contributed by atoms with Crippen LogP contribution in [0.5, 0.6) is 0 Å². The van der Waals surface area contributed by atoms with Gasteiger partial charge in [0.05, 0.1) is 12.3 Å². The normalized spacial score (nSPS) is 10.7. The second-order valence-corrected chi connectivity index (χ2v) is 4.17. The highest BCUT2D eigenvalue weighted by Gasteiger charge is 2.23. The minimum atomic E-state index is -1.32. The standard InChI is InChI=1S/C13H12F3N3O2/c1-3-21-13(20)11-12(17)19(6(2)18-11)10-5-8(15)7(14)4-9(10)16/h4-5H,3,17H2,1-2H3. The van der Waals surface area contributed by atoms with Crippen molar-refractivity contribution in [2.24, 2.45) is 0 Å². The molecule has 0 radical (unpaired) electrons. The quantitative estimate of drug-likeness (QED) is 0.697. The Bertz CT molecular complexity index is 713. The second-order valence-electron chi connectivity index (χ2n) is 4.17. The molecule has 0 saturated heterocycles. The number of halogens is 3. The van der Waals surface area contributed by atoms with Crippen molar-refractivity contribution in [3.8, 4) is 5.69 Å². The number of carbonyl (C=O) groups is 1. The lowest BCUT2D eigenvalue weighted by Gasteiger charge is -2.09. The summed E-state index contributed by atoms with van der Waals surface area (Å²) in [5.74, 6) is -4.44. The number of benzene rings is 1. The van der Waals surface area contributed by atoms with Gasteiger partial charge in [0.2, 0.25) is 0 Å². The maximum Gasteiger partial charge on any atom is 0.360 e. The largest absolute Gasteiger partial charge is 0.461 e. The molecule has 0 unspecified atom stereocenters. The number of rotatable bonds is 3. The van der Waals surface area contributed by atoms with E-state index in [1.807, 2.05) is 0 Å². The fraction of sp³-hybridized carbons (Fsp3) is 0.231. The number of imidazole rings is 1. The number of anilines is 1. The Kier molecular flexibility index (Phi) is 3.88. The fourth-order valence-electron chi connectivity index (χ4n) is 1.89. The monoisotopic (exact) mass is 299 g/mol. The zero-order valence-electron chi connectivity index (χ0n) is 11.3. The van der Waals surface area contributed by atoms with Gasteiger partial charge in [-0.1, -0.05) is 0 Å². The molecule has 0 saturated carbocycles. The van der Waals surface area contributed by atoms with Crippen molar-refractivity contribution in [1.82, 2.24) is 9.55 Å². The van der Waals surface area contributed by atoms with Crippen LogP contribution in [0.3, 0.4) is 0 Å². The Morgan fingerprint density at radius 2 is 1.90 bits per heavy atom. The van der Waals surface area contributed by atoms with Gasteiger partial charge < -0.3 is 10.5 Å². The van der Waals surface area contributed by atoms with Crippen molar-refractivity contribution < 1.29 is 22.7 Å². The smallest absolute Gasteiger partial charge is 0.360 e. The van der Waals surface area contributed by atoms with E-state index in [9.17, 15) is 18.0 Å². The average Bonchev–Trinajstić information content (AvgIpc) is 2.70. The van der Waals surface area contributed by atoms with Crippen LogP contribution in [0.1, 0.15) is 23.2 Å². The molecule has 8 heteroatoms. The third-order valence-corrected chi connectivity index (χ3v) is 2.78. The van der Waals surface area contributed by atoms with Crippen LogP contribution >= 0.6 is 0 Å². The first-order chi connectivity index (χ1) is 9.86. The maximum atomic E-state index is 13.8. The predicted octanol–water partition coefficient (Wildman–Crippen LogP) is 2.36. The molecule has 21 heavy (non-hydrogen) atoms. The molecule has 0 amide bonds. The van der Waals surface area contributed by atoms with E-state index < -0.39 is 23.4 Å². The van der Waals surface area contributed by atoms with Gasteiger partial charge in [0.25, 0.3) is 0 Å². The second kappa shape index (κ2) is 5.47. The number of nitrogens with zero attached hydrogens (tertiary/aromatic N) is 2. The molecule has 1 aromatic heterocycles. The summed E-state index contributed by atoms with van der Waals surface area (Å²) in [6.07, 6.45) is 0. The highest BCUT2D eigenvalue weighted by atomic mass is 19.2. The molecule has 5 nitrogen and oxygen atoms in total. The molecule has 0 aliphatic rings. The minimum Gasteiger partial charge on any atom is -0.461 e. The topological polar surface area (TPSA) is 70.1 Å². The van der Waals surface area contributed by atoms with Crippen molar-refractivity contribution in [3.63, 3.8) is 0 Å². The molecule has 112 valence electrons. The third-order valence-electron chi connectivity index (χ3n) is 2.78. The average molecular weight is 299 g/mol. The first-order valence-corrected chi connectivity index (χ1v) is 6.03. The molecule has 0 aliphatic heterocycles. The Hall–Kier alpha value is -2.51. The summed E-state index contributed by atoms with van der Waals surface area (Å²) in [4.78, 5) is 15.5. The molecule has 0 atom stereocenters. The molecule has 2 rings (SSSR count). The summed E-state index contributed by atoms with van der Waals surface area (Å²) < 4.78 is 45.8. The Morgan fingerprint density at radius 3 is 2.52 bits per heavy atom. The number of aryl methyl sites for hydroxylation is 1. The number of carbonyl (C=O) groups excluding carboxylic acids is 1. The molecular weight excluding hydrogens is 287 g/mol. The lowest BCUT2D eigenvalue weighted by Crippen LogP contribution is -2.10. The summed E-state index contributed by atoms with van der Waals surface area (Å²) in [6, 6.07) is 1.04. The summed E-state index contributed by atoms with van der Waals surface area (Å²) in [6.45, 7) is 3.16. The van der Waals surface area contributed by atoms with Gasteiger partial charge in [0.1, 0.15) is 17.5 Å². The molecule has 0 aliphatic carbocycles. The van der Waals surface area contributed by atoms with Crippen LogP contribution in [0, 0.1) is 24.4 Å². The molecule has 0 fully saturated rings. The van der Waals surface area contributed by atoms with Crippen LogP contribution in [-0.2, 0) is 4.74 Å². The van der Waals surface area contributed by atoms with Crippen LogP contribution in [0.2, 0.25) is 0 Å². The zero-order valence-corrected chi connectivity index (χ0v) is 11.3. The zero-order chi connectivity index (χ0) is 15.7. The predicted molar refractivity (Wildman–Crippen MR) is 68.5 cm³/mol. The molecule has 2 N–H and O–H groups in total. The van der Waals surface area contributed by atoms with Gasteiger partial charge >= 0.3 is 5.97 Å². The first-order valence-electron chi connectivity index (χ1n) is 6.03. The number of hydrogen-bond acceptors (Lipinski definition) is 4. The molecular formula is C13H12F3N3O2. The van der Waals surface area contributed by atoms with Crippen LogP contribution in [-0.4, -0.2) is 22.1 Å². The third kappa shape index (κ3) is 2.56. The van der Waals surface area contributed by atoms with Crippen LogP contribution < -0.4 is 5.73 Å². The van der Waals surface area contributed by atoms with Crippen molar-refractivity contribution in [1.29, 1.82) is 0 Å². The number of hydrogen-bond donors (Lipinski definition) is 1. The first kappa shape index (κ1) is 14.9. The molecule has 0 spiro atoms. The molecule has 0 bridgehead atoms. The molecule has 1 heterocycles. The fourth-order valence-corrected chi connectivity index (χ4v) is 1.89. The van der Waals surface area contributed by atoms with Crippen molar-refractivity contribution in [2.45, 2.75) is 13.8 Å². The Morgan fingerprint density at radius 1 is 1.29 bits per heavy atom. The van der Waals surface area contributed by atoms with Gasteiger partial charge in [0.15, 0.2) is 17.3 Å². The van der Waals surface area contributed by atoms with E-state index in [1.165, 1.54) is 6.92 Å². The van der Waals surface area contributed by atoms with E-state index >= 15 is 0 Å². The summed E-state index contributed by atoms with van der Waals surface area (Å²) in [5.41, 5.74) is 5.19. The number of aromatic nitrogens is 2. The highest BCUT2D eigenvalue weighted by Crippen LogP contribution is 2.25. The summed E-state index contributed by atoms with van der Waals surface area (Å²) in [5, 5.41) is 0. The Labute approximate surface area is 118 Å². The Balaban J connectivity index is 2.60. The van der Waals surface area contributed by atoms with E-state index in [4.69, 9.17) is 10.5 Å². The van der Waals surface area contributed by atoms with Crippen LogP contribution in [0.4, 0.5) is 19.0 Å². The minimum absolute atomic E-state index is 0.115. The van der Waals surface area contributed by atoms with Gasteiger partial charge in [-0.25, -0.2) is 22.9 Å². The number of esters is 1. The highest BCUT2D eigenvalue weighted by molar-refractivity contribution is 5.92. The van der Waals surface area contributed by atoms with Gasteiger partial charge in [-0.15, -0.1) is 0 Å². The van der Waals surface area contributed by atoms with E-state index in [0.717, 1.165) is 4.57 Å². The summed E-state index contributed by atoms with van der Waals surface area (Å²) >= 11 is 0. The van der Waals surface area contributed by atoms with Gasteiger partial charge in [0, 0.05) is 12.1 Å². The van der Waals surface area contributed by atoms with E-state index in [2.05, 4.69) is 4.98 Å². The van der Waals surface area contributed by atoms with E-state index in [-0.39, 0.29) is 29.6 Å². The summed E-state index contributed by atoms with van der Waals surface area (Å²) in [7, 11) is 0. The van der Waals surface area contributed by atoms with Gasteiger partial charge in [-0.3, -0.25) is 4.57 Å². The lowest BCUT2D eigenvalue weighted by atomic mass is 10.2. The number of ether oxygens (including phenoxy) is 1. The van der Waals surface area contributed by atoms with Crippen molar-refractivity contribution >= 4 is 11.8 Å². The molecule has 1 aromatic carbocycles. The van der Waals surface area contributed by atoms with Gasteiger partial charge in [-0.05, 0) is 13.8 Å². The molecule has 2 aromatic rings.